The van der Waals surface area contributed by atoms with E-state index in [4.69, 9.17) is 0 Å². The Morgan fingerprint density at radius 3 is 0.972 bits per heavy atom. The van der Waals surface area contributed by atoms with Crippen LogP contribution in [0, 0.1) is 0 Å². The van der Waals surface area contributed by atoms with Crippen LogP contribution in [0.25, 0.3) is 0 Å². The number of hydrogen-bond donors (Lipinski definition) is 0. The van der Waals surface area contributed by atoms with Crippen molar-refractivity contribution in [2.45, 2.75) is 72.1 Å². The van der Waals surface area contributed by atoms with E-state index in [2.05, 4.69) is 0 Å². The van der Waals surface area contributed by atoms with Crippen LogP contribution in [0.5, 0.6) is 0 Å². The van der Waals surface area contributed by atoms with Gasteiger partial charge in [-0.05, 0) is 0 Å². The SMILES string of the molecule is FC(F)(F)C(F)(CCI)C(F)(F)C(F)(C(F)(F)F)C(F)(F)C(F)(F)C(F)(F)C(F)(F)C(F)(F)CCI. The van der Waals surface area contributed by atoms with E-state index in [1.54, 1.807) is 0 Å². The highest BCUT2D eigenvalue weighted by atomic mass is 127. The maximum absolute atomic E-state index is 14.4. The second-order valence-corrected chi connectivity index (χ2v) is 9.07. The molecule has 218 valence electrons. The van der Waals surface area contributed by atoms with Crippen LogP contribution in [-0.4, -0.2) is 68.1 Å². The first-order valence-electron chi connectivity index (χ1n) is 8.27. The van der Waals surface area contributed by atoms with Gasteiger partial charge in [-0.25, -0.2) is 8.78 Å². The number of alkyl halides is 22. The molecule has 0 fully saturated rings. The summed E-state index contributed by atoms with van der Waals surface area (Å²) in [5.74, 6) is -49.4. The number of halogens is 22. The molecule has 0 aliphatic carbocycles. The zero-order chi connectivity index (χ0) is 29.8. The van der Waals surface area contributed by atoms with E-state index >= 15 is 0 Å². The fourth-order valence-corrected chi connectivity index (χ4v) is 3.97. The molecule has 0 rings (SSSR count). The van der Waals surface area contributed by atoms with Crippen molar-refractivity contribution in [1.82, 2.24) is 0 Å². The van der Waals surface area contributed by atoms with E-state index in [9.17, 15) is 87.8 Å². The first-order valence-corrected chi connectivity index (χ1v) is 11.3. The van der Waals surface area contributed by atoms with Gasteiger partial charge in [-0.3, -0.25) is 0 Å². The van der Waals surface area contributed by atoms with Crippen LogP contribution in [0.4, 0.5) is 87.8 Å². The zero-order valence-electron chi connectivity index (χ0n) is 16.1. The quantitative estimate of drug-likeness (QED) is 0.111. The van der Waals surface area contributed by atoms with Gasteiger partial charge in [-0.15, -0.1) is 0 Å². The molecule has 0 bridgehead atoms. The predicted molar refractivity (Wildman–Crippen MR) is 96.5 cm³/mol. The monoisotopic (exact) mass is 810 g/mol. The van der Waals surface area contributed by atoms with Gasteiger partial charge in [0.1, 0.15) is 0 Å². The minimum absolute atomic E-state index is 0.503. The summed E-state index contributed by atoms with van der Waals surface area (Å²) in [7, 11) is 0. The molecule has 0 aromatic heterocycles. The molecule has 0 aliphatic heterocycles. The third kappa shape index (κ3) is 4.69. The van der Waals surface area contributed by atoms with Crippen molar-refractivity contribution < 1.29 is 87.8 Å². The van der Waals surface area contributed by atoms with Crippen LogP contribution in [-0.2, 0) is 0 Å². The minimum Gasteiger partial charge on any atom is -0.227 e. The van der Waals surface area contributed by atoms with Crippen LogP contribution in [0.1, 0.15) is 12.8 Å². The molecule has 0 aromatic carbocycles. The summed E-state index contributed by atoms with van der Waals surface area (Å²) >= 11 is 1.23. The van der Waals surface area contributed by atoms with Crippen LogP contribution < -0.4 is 0 Å². The lowest BCUT2D eigenvalue weighted by molar-refractivity contribution is -0.470. The normalized spacial score (nSPS) is 19.2. The predicted octanol–water partition coefficient (Wildman–Crippen LogP) is 8.99. The second-order valence-electron chi connectivity index (χ2n) is 6.91. The van der Waals surface area contributed by atoms with E-state index in [0.717, 1.165) is 22.6 Å². The molecule has 0 saturated heterocycles. The topological polar surface area (TPSA) is 0 Å². The van der Waals surface area contributed by atoms with Gasteiger partial charge in [0, 0.05) is 21.7 Å². The summed E-state index contributed by atoms with van der Waals surface area (Å²) in [4.78, 5) is 0. The molecule has 36 heavy (non-hydrogen) atoms. The molecule has 0 aliphatic rings. The summed E-state index contributed by atoms with van der Waals surface area (Å²) in [6.07, 6.45) is -21.7. The first-order chi connectivity index (χ1) is 15.4. The summed E-state index contributed by atoms with van der Waals surface area (Å²) in [5.41, 5.74) is -16.2. The second kappa shape index (κ2) is 9.91. The fourth-order valence-electron chi connectivity index (χ4n) is 2.55. The lowest BCUT2D eigenvalue weighted by Crippen LogP contribution is -2.81. The Kier molecular flexibility index (Phi) is 9.93. The molecule has 0 amide bonds. The van der Waals surface area contributed by atoms with Crippen LogP contribution in [0.15, 0.2) is 0 Å². The average molecular weight is 810 g/mol. The third-order valence-corrected chi connectivity index (χ3v) is 5.77. The van der Waals surface area contributed by atoms with Crippen molar-refractivity contribution in [2.75, 3.05) is 8.86 Å². The molecule has 22 heteroatoms. The molecule has 0 spiro atoms. The van der Waals surface area contributed by atoms with E-state index in [1.807, 2.05) is 0 Å². The largest absolute Gasteiger partial charge is 0.435 e. The highest BCUT2D eigenvalue weighted by Crippen LogP contribution is 2.68. The summed E-state index contributed by atoms with van der Waals surface area (Å²) in [5, 5.41) is 0. The van der Waals surface area contributed by atoms with Gasteiger partial charge in [-0.2, -0.15) is 79.0 Å². The molecule has 0 saturated carbocycles. The summed E-state index contributed by atoms with van der Waals surface area (Å²) in [6.45, 7) is 0. The molecule has 2 unspecified atom stereocenters. The van der Waals surface area contributed by atoms with Gasteiger partial charge >= 0.3 is 53.6 Å². The van der Waals surface area contributed by atoms with Gasteiger partial charge in [0.15, 0.2) is 0 Å². The van der Waals surface area contributed by atoms with E-state index < -0.39 is 80.9 Å². The Bertz CT molecular complexity index is 769. The van der Waals surface area contributed by atoms with E-state index in [-0.39, 0.29) is 0 Å². The molecule has 0 aromatic rings. The van der Waals surface area contributed by atoms with Crippen molar-refractivity contribution >= 4 is 45.2 Å². The molecule has 0 N–H and O–H groups in total. The van der Waals surface area contributed by atoms with Crippen molar-refractivity contribution in [3.05, 3.63) is 0 Å². The standard InChI is InChI=1S/C14H8F20I2/c15-5(1-3-35,13(29,30)31)8(19,20)7(18,14(32,33)34)10(23,24)12(27,28)11(25,26)9(21,22)6(16,17)2-4-36/h1-4H2. The fraction of sp³-hybridized carbons (Fsp3) is 1.00. The minimum atomic E-state index is -9.14. The Labute approximate surface area is 213 Å². The molecule has 0 heterocycles. The van der Waals surface area contributed by atoms with Gasteiger partial charge in [0.25, 0.3) is 5.67 Å². The molecule has 2 atom stereocenters. The van der Waals surface area contributed by atoms with Gasteiger partial charge < -0.3 is 0 Å². The Morgan fingerprint density at radius 2 is 0.694 bits per heavy atom. The Hall–Kier alpha value is 0.0600. The molecular weight excluding hydrogens is 802 g/mol. The lowest BCUT2D eigenvalue weighted by Gasteiger charge is -2.49. The summed E-state index contributed by atoms with van der Waals surface area (Å²) < 4.78 is 269. The smallest absolute Gasteiger partial charge is 0.227 e. The van der Waals surface area contributed by atoms with E-state index in [1.165, 1.54) is 0 Å². The lowest BCUT2D eigenvalue weighted by atomic mass is 9.74. The maximum Gasteiger partial charge on any atom is 0.435 e. The highest BCUT2D eigenvalue weighted by Gasteiger charge is 2.99. The van der Waals surface area contributed by atoms with Gasteiger partial charge in [0.2, 0.25) is 0 Å². The highest BCUT2D eigenvalue weighted by molar-refractivity contribution is 14.1. The van der Waals surface area contributed by atoms with Gasteiger partial charge in [-0.1, -0.05) is 45.2 Å². The zero-order valence-corrected chi connectivity index (χ0v) is 20.5. The van der Waals surface area contributed by atoms with Crippen LogP contribution in [0.3, 0.4) is 0 Å². The Morgan fingerprint density at radius 1 is 0.361 bits per heavy atom. The van der Waals surface area contributed by atoms with Crippen LogP contribution in [0.2, 0.25) is 0 Å². The average Bonchev–Trinajstić information content (AvgIpc) is 2.64. The third-order valence-electron chi connectivity index (χ3n) is 4.69. The molecule has 0 nitrogen and oxygen atoms in total. The van der Waals surface area contributed by atoms with E-state index in [0.29, 0.717) is 22.6 Å². The molecule has 0 radical (unpaired) electrons. The van der Waals surface area contributed by atoms with Crippen LogP contribution >= 0.6 is 45.2 Å². The summed E-state index contributed by atoms with van der Waals surface area (Å²) in [6, 6.07) is 0. The van der Waals surface area contributed by atoms with Crippen molar-refractivity contribution in [1.29, 1.82) is 0 Å². The van der Waals surface area contributed by atoms with Crippen molar-refractivity contribution in [3.8, 4) is 0 Å². The van der Waals surface area contributed by atoms with Crippen molar-refractivity contribution in [2.24, 2.45) is 0 Å². The number of hydrogen-bond acceptors (Lipinski definition) is 0. The number of rotatable bonds is 11. The van der Waals surface area contributed by atoms with Crippen molar-refractivity contribution in [3.63, 3.8) is 0 Å². The van der Waals surface area contributed by atoms with Gasteiger partial charge in [0.05, 0.1) is 0 Å². The molecular formula is C14H8F20I2. The Balaban J connectivity index is 7.61. The maximum atomic E-state index is 14.4. The first kappa shape index (κ1) is 36.1.